The van der Waals surface area contributed by atoms with E-state index in [0.717, 1.165) is 5.56 Å². The summed E-state index contributed by atoms with van der Waals surface area (Å²) in [5, 5.41) is 3.96. The topological polar surface area (TPSA) is 74.2 Å². The number of para-hydroxylation sites is 1. The van der Waals surface area contributed by atoms with Crippen LogP contribution in [0.4, 0.5) is 5.69 Å². The minimum atomic E-state index is -0.569. The summed E-state index contributed by atoms with van der Waals surface area (Å²) in [5.74, 6) is 0.929. The van der Waals surface area contributed by atoms with Crippen LogP contribution in [0.5, 0.6) is 0 Å². The van der Waals surface area contributed by atoms with Crippen molar-refractivity contribution in [3.8, 4) is 11.5 Å². The summed E-state index contributed by atoms with van der Waals surface area (Å²) in [6, 6.07) is 7.39. The second-order valence-corrected chi connectivity index (χ2v) is 4.45. The molecular formula is C13H17N3O2. The SMILES string of the molecule is CCOC(C)(C)c1noc(-c2ccccc2N)n1. The Morgan fingerprint density at radius 1 is 1.33 bits per heavy atom. The maximum absolute atomic E-state index is 5.87. The van der Waals surface area contributed by atoms with Crippen LogP contribution in [0.3, 0.4) is 0 Å². The van der Waals surface area contributed by atoms with Gasteiger partial charge in [0.05, 0.1) is 5.56 Å². The lowest BCUT2D eigenvalue weighted by Crippen LogP contribution is -2.23. The molecule has 1 heterocycles. The number of benzene rings is 1. The van der Waals surface area contributed by atoms with Crippen molar-refractivity contribution < 1.29 is 9.26 Å². The van der Waals surface area contributed by atoms with Gasteiger partial charge in [0.25, 0.3) is 5.89 Å². The lowest BCUT2D eigenvalue weighted by atomic mass is 10.1. The molecule has 0 radical (unpaired) electrons. The molecule has 0 fully saturated rings. The van der Waals surface area contributed by atoms with E-state index in [1.54, 1.807) is 6.07 Å². The van der Waals surface area contributed by atoms with E-state index in [4.69, 9.17) is 15.0 Å². The molecule has 0 amide bonds. The van der Waals surface area contributed by atoms with Gasteiger partial charge in [-0.3, -0.25) is 0 Å². The highest BCUT2D eigenvalue weighted by atomic mass is 16.5. The Balaban J connectivity index is 2.34. The first-order valence-corrected chi connectivity index (χ1v) is 5.87. The Bertz CT molecular complexity index is 535. The molecule has 0 aliphatic rings. The van der Waals surface area contributed by atoms with Gasteiger partial charge in [-0.25, -0.2) is 0 Å². The second-order valence-electron chi connectivity index (χ2n) is 4.45. The molecule has 0 bridgehead atoms. The van der Waals surface area contributed by atoms with Gasteiger partial charge in [-0.05, 0) is 32.9 Å². The summed E-state index contributed by atoms with van der Waals surface area (Å²) in [7, 11) is 0. The third kappa shape index (κ3) is 2.36. The molecule has 0 aliphatic heterocycles. The molecule has 18 heavy (non-hydrogen) atoms. The Hall–Kier alpha value is -1.88. The van der Waals surface area contributed by atoms with Crippen molar-refractivity contribution in [2.45, 2.75) is 26.4 Å². The molecule has 1 aromatic carbocycles. The highest BCUT2D eigenvalue weighted by molar-refractivity contribution is 5.69. The van der Waals surface area contributed by atoms with E-state index >= 15 is 0 Å². The van der Waals surface area contributed by atoms with Crippen LogP contribution in [0.1, 0.15) is 26.6 Å². The smallest absolute Gasteiger partial charge is 0.260 e. The lowest BCUT2D eigenvalue weighted by molar-refractivity contribution is -0.0221. The van der Waals surface area contributed by atoms with E-state index in [9.17, 15) is 0 Å². The van der Waals surface area contributed by atoms with Crippen molar-refractivity contribution in [2.75, 3.05) is 12.3 Å². The van der Waals surface area contributed by atoms with Crippen LogP contribution in [0, 0.1) is 0 Å². The molecule has 2 aromatic rings. The molecule has 96 valence electrons. The predicted molar refractivity (Wildman–Crippen MR) is 68.8 cm³/mol. The number of nitrogens with zero attached hydrogens (tertiary/aromatic N) is 2. The van der Waals surface area contributed by atoms with E-state index in [1.807, 2.05) is 39.0 Å². The molecule has 0 saturated heterocycles. The number of hydrogen-bond acceptors (Lipinski definition) is 5. The fourth-order valence-electron chi connectivity index (χ4n) is 1.69. The Labute approximate surface area is 106 Å². The van der Waals surface area contributed by atoms with Gasteiger partial charge in [-0.15, -0.1) is 0 Å². The number of nitrogen functional groups attached to an aromatic ring is 1. The largest absolute Gasteiger partial charge is 0.398 e. The average Bonchev–Trinajstić information content (AvgIpc) is 2.79. The van der Waals surface area contributed by atoms with Gasteiger partial charge in [-0.1, -0.05) is 17.3 Å². The summed E-state index contributed by atoms with van der Waals surface area (Å²) >= 11 is 0. The second kappa shape index (κ2) is 4.78. The first-order chi connectivity index (χ1) is 8.54. The molecule has 5 heteroatoms. The highest BCUT2D eigenvalue weighted by Crippen LogP contribution is 2.27. The van der Waals surface area contributed by atoms with Gasteiger partial charge in [0.15, 0.2) is 0 Å². The molecule has 0 unspecified atom stereocenters. The van der Waals surface area contributed by atoms with Crippen LogP contribution in [-0.4, -0.2) is 16.7 Å². The van der Waals surface area contributed by atoms with E-state index in [-0.39, 0.29) is 0 Å². The number of anilines is 1. The van der Waals surface area contributed by atoms with Crippen molar-refractivity contribution in [2.24, 2.45) is 0 Å². The van der Waals surface area contributed by atoms with Crippen molar-refractivity contribution >= 4 is 5.69 Å². The number of aromatic nitrogens is 2. The zero-order valence-electron chi connectivity index (χ0n) is 10.8. The van der Waals surface area contributed by atoms with E-state index < -0.39 is 5.60 Å². The number of ether oxygens (including phenoxy) is 1. The van der Waals surface area contributed by atoms with Crippen molar-refractivity contribution in [1.82, 2.24) is 10.1 Å². The summed E-state index contributed by atoms with van der Waals surface area (Å²) < 4.78 is 10.8. The summed E-state index contributed by atoms with van der Waals surface area (Å²) in [4.78, 5) is 4.35. The summed E-state index contributed by atoms with van der Waals surface area (Å²) in [6.45, 7) is 6.32. The van der Waals surface area contributed by atoms with E-state index in [0.29, 0.717) is 24.0 Å². The zero-order valence-corrected chi connectivity index (χ0v) is 10.8. The van der Waals surface area contributed by atoms with E-state index in [1.165, 1.54) is 0 Å². The first-order valence-electron chi connectivity index (χ1n) is 5.87. The summed E-state index contributed by atoms with van der Waals surface area (Å²) in [5.41, 5.74) is 6.65. The van der Waals surface area contributed by atoms with Crippen LogP contribution in [0.15, 0.2) is 28.8 Å². The Morgan fingerprint density at radius 2 is 2.06 bits per heavy atom. The number of rotatable bonds is 4. The molecule has 2 N–H and O–H groups in total. The van der Waals surface area contributed by atoms with Crippen LogP contribution < -0.4 is 5.73 Å². The van der Waals surface area contributed by atoms with Gasteiger partial charge in [-0.2, -0.15) is 4.98 Å². The Morgan fingerprint density at radius 3 is 2.72 bits per heavy atom. The quantitative estimate of drug-likeness (QED) is 0.840. The van der Waals surface area contributed by atoms with Crippen LogP contribution in [0.25, 0.3) is 11.5 Å². The van der Waals surface area contributed by atoms with E-state index in [2.05, 4.69) is 10.1 Å². The van der Waals surface area contributed by atoms with Gasteiger partial charge in [0.2, 0.25) is 5.82 Å². The maximum atomic E-state index is 5.87. The zero-order chi connectivity index (χ0) is 13.2. The molecule has 1 aromatic heterocycles. The highest BCUT2D eigenvalue weighted by Gasteiger charge is 2.27. The molecule has 0 aliphatic carbocycles. The first kappa shape index (κ1) is 12.6. The van der Waals surface area contributed by atoms with Crippen LogP contribution >= 0.6 is 0 Å². The molecule has 0 atom stereocenters. The van der Waals surface area contributed by atoms with Crippen LogP contribution in [-0.2, 0) is 10.3 Å². The third-order valence-electron chi connectivity index (χ3n) is 2.66. The average molecular weight is 247 g/mol. The molecular weight excluding hydrogens is 230 g/mol. The normalized spacial score (nSPS) is 11.7. The monoisotopic (exact) mass is 247 g/mol. The molecule has 0 saturated carbocycles. The standard InChI is InChI=1S/C13H17N3O2/c1-4-17-13(2,3)12-15-11(18-16-12)9-7-5-6-8-10(9)14/h5-8H,4,14H2,1-3H3. The fraction of sp³-hybridized carbons (Fsp3) is 0.385. The third-order valence-corrected chi connectivity index (χ3v) is 2.66. The summed E-state index contributed by atoms with van der Waals surface area (Å²) in [6.07, 6.45) is 0. The minimum absolute atomic E-state index is 0.413. The Kier molecular flexibility index (Phi) is 3.34. The maximum Gasteiger partial charge on any atom is 0.260 e. The van der Waals surface area contributed by atoms with Crippen LogP contribution in [0.2, 0.25) is 0 Å². The van der Waals surface area contributed by atoms with Gasteiger partial charge >= 0.3 is 0 Å². The van der Waals surface area contributed by atoms with Gasteiger partial charge in [0.1, 0.15) is 5.60 Å². The minimum Gasteiger partial charge on any atom is -0.398 e. The lowest BCUT2D eigenvalue weighted by Gasteiger charge is -2.19. The van der Waals surface area contributed by atoms with Crippen molar-refractivity contribution in [3.63, 3.8) is 0 Å². The van der Waals surface area contributed by atoms with Crippen molar-refractivity contribution in [1.29, 1.82) is 0 Å². The number of hydrogen-bond donors (Lipinski definition) is 1. The van der Waals surface area contributed by atoms with Crippen molar-refractivity contribution in [3.05, 3.63) is 30.1 Å². The molecule has 0 spiro atoms. The number of nitrogens with two attached hydrogens (primary N) is 1. The van der Waals surface area contributed by atoms with Gasteiger partial charge < -0.3 is 15.0 Å². The molecule has 5 nitrogen and oxygen atoms in total. The molecule has 2 rings (SSSR count). The predicted octanol–water partition coefficient (Wildman–Crippen LogP) is 2.59. The van der Waals surface area contributed by atoms with Gasteiger partial charge in [0, 0.05) is 12.3 Å². The fourth-order valence-corrected chi connectivity index (χ4v) is 1.69.